The summed E-state index contributed by atoms with van der Waals surface area (Å²) in [6.45, 7) is 0. The van der Waals surface area contributed by atoms with Crippen molar-refractivity contribution in [2.24, 2.45) is 4.99 Å². The van der Waals surface area contributed by atoms with Crippen molar-refractivity contribution < 1.29 is 14.3 Å². The van der Waals surface area contributed by atoms with Gasteiger partial charge in [0.15, 0.2) is 11.5 Å². The minimum Gasteiger partial charge on any atom is -0.504 e. The molecule has 0 atom stereocenters. The molecule has 0 amide bonds. The average Bonchev–Trinajstić information content (AvgIpc) is 2.99. The van der Waals surface area contributed by atoms with Gasteiger partial charge in [-0.25, -0.2) is 0 Å². The van der Waals surface area contributed by atoms with Gasteiger partial charge in [-0.05, 0) is 30.3 Å². The third-order valence-electron chi connectivity index (χ3n) is 4.00. The lowest BCUT2D eigenvalue weighted by atomic mass is 10.1. The zero-order chi connectivity index (χ0) is 17.4. The Morgan fingerprint density at radius 3 is 2.68 bits per heavy atom. The van der Waals surface area contributed by atoms with Crippen molar-refractivity contribution in [1.82, 2.24) is 0 Å². The number of benzene rings is 3. The number of halogens is 1. The first-order valence-corrected chi connectivity index (χ1v) is 8.47. The summed E-state index contributed by atoms with van der Waals surface area (Å²) in [4.78, 5) is 4.45. The van der Waals surface area contributed by atoms with Crippen LogP contribution >= 0.6 is 15.9 Å². The lowest BCUT2D eigenvalue weighted by molar-refractivity contribution is 0.373. The van der Waals surface area contributed by atoms with Gasteiger partial charge in [-0.3, -0.25) is 4.99 Å². The van der Waals surface area contributed by atoms with E-state index >= 15 is 0 Å². The molecule has 0 aliphatic heterocycles. The minimum atomic E-state index is 0.0549. The molecule has 0 spiro atoms. The number of phenols is 1. The molecule has 0 radical (unpaired) electrons. The van der Waals surface area contributed by atoms with Gasteiger partial charge in [-0.2, -0.15) is 0 Å². The first-order chi connectivity index (χ1) is 12.2. The first kappa shape index (κ1) is 15.7. The highest BCUT2D eigenvalue weighted by Gasteiger charge is 2.09. The summed E-state index contributed by atoms with van der Waals surface area (Å²) in [6.07, 6.45) is 1.60. The van der Waals surface area contributed by atoms with Gasteiger partial charge in [-0.1, -0.05) is 34.1 Å². The predicted octanol–water partition coefficient (Wildman–Crippen LogP) is 5.81. The molecule has 0 saturated heterocycles. The molecule has 1 N–H and O–H groups in total. The Hall–Kier alpha value is -2.79. The number of para-hydroxylation sites is 1. The summed E-state index contributed by atoms with van der Waals surface area (Å²) >= 11 is 3.40. The standard InChI is InChI=1S/C20H14BrNO3/c1-24-19-9-13(21)8-12(20(19)23)11-22-14-6-7-16-15-4-2-3-5-17(15)25-18(16)10-14/h2-11,23H,1H3. The molecule has 4 rings (SSSR count). The highest BCUT2D eigenvalue weighted by atomic mass is 79.9. The van der Waals surface area contributed by atoms with E-state index in [1.165, 1.54) is 7.11 Å². The third-order valence-corrected chi connectivity index (χ3v) is 4.46. The number of fused-ring (bicyclic) bond motifs is 3. The van der Waals surface area contributed by atoms with Crippen LogP contribution in [0.5, 0.6) is 11.5 Å². The predicted molar refractivity (Wildman–Crippen MR) is 103 cm³/mol. The Balaban J connectivity index is 1.74. The topological polar surface area (TPSA) is 55.0 Å². The van der Waals surface area contributed by atoms with Crippen molar-refractivity contribution in [3.8, 4) is 11.5 Å². The summed E-state index contributed by atoms with van der Waals surface area (Å²) < 4.78 is 11.8. The summed E-state index contributed by atoms with van der Waals surface area (Å²) in [5, 5.41) is 12.3. The van der Waals surface area contributed by atoms with Gasteiger partial charge in [0.05, 0.1) is 12.8 Å². The Bertz CT molecular complexity index is 1110. The van der Waals surface area contributed by atoms with E-state index in [0.29, 0.717) is 11.3 Å². The van der Waals surface area contributed by atoms with Crippen molar-refractivity contribution in [3.63, 3.8) is 0 Å². The number of methoxy groups -OCH3 is 1. The molecule has 25 heavy (non-hydrogen) atoms. The number of aromatic hydroxyl groups is 1. The van der Waals surface area contributed by atoms with Crippen LogP contribution in [-0.2, 0) is 0 Å². The number of nitrogens with zero attached hydrogens (tertiary/aromatic N) is 1. The molecule has 124 valence electrons. The fourth-order valence-electron chi connectivity index (χ4n) is 2.79. The number of hydrogen-bond acceptors (Lipinski definition) is 4. The molecule has 0 saturated carbocycles. The molecule has 3 aromatic carbocycles. The zero-order valence-electron chi connectivity index (χ0n) is 13.4. The van der Waals surface area contributed by atoms with Crippen LogP contribution in [-0.4, -0.2) is 18.4 Å². The van der Waals surface area contributed by atoms with Gasteiger partial charge in [0.2, 0.25) is 0 Å². The minimum absolute atomic E-state index is 0.0549. The third kappa shape index (κ3) is 2.87. The number of furan rings is 1. The average molecular weight is 396 g/mol. The summed E-state index contributed by atoms with van der Waals surface area (Å²) in [5.41, 5.74) is 2.95. The van der Waals surface area contributed by atoms with E-state index in [-0.39, 0.29) is 5.75 Å². The van der Waals surface area contributed by atoms with Crippen LogP contribution in [0.3, 0.4) is 0 Å². The SMILES string of the molecule is COc1cc(Br)cc(C=Nc2ccc3c(c2)oc2ccccc23)c1O. The normalized spacial score (nSPS) is 11.6. The first-order valence-electron chi connectivity index (χ1n) is 7.67. The Morgan fingerprint density at radius 1 is 1.04 bits per heavy atom. The number of rotatable bonds is 3. The van der Waals surface area contributed by atoms with E-state index in [0.717, 1.165) is 32.1 Å². The van der Waals surface area contributed by atoms with Crippen LogP contribution in [0, 0.1) is 0 Å². The summed E-state index contributed by atoms with van der Waals surface area (Å²) in [6, 6.07) is 17.2. The van der Waals surface area contributed by atoms with Crippen LogP contribution in [0.4, 0.5) is 5.69 Å². The molecule has 5 heteroatoms. The molecule has 1 aromatic heterocycles. The highest BCUT2D eigenvalue weighted by molar-refractivity contribution is 9.10. The number of aliphatic imine (C=N–C) groups is 1. The van der Waals surface area contributed by atoms with Gasteiger partial charge in [0.25, 0.3) is 0 Å². The van der Waals surface area contributed by atoms with Gasteiger partial charge in [-0.15, -0.1) is 0 Å². The van der Waals surface area contributed by atoms with E-state index in [1.54, 1.807) is 18.3 Å². The molecule has 0 fully saturated rings. The fourth-order valence-corrected chi connectivity index (χ4v) is 3.24. The second kappa shape index (κ2) is 6.26. The fraction of sp³-hybridized carbons (Fsp3) is 0.0500. The lowest BCUT2D eigenvalue weighted by Gasteiger charge is -2.06. The number of ether oxygens (including phenoxy) is 1. The lowest BCUT2D eigenvalue weighted by Crippen LogP contribution is -1.89. The molecule has 0 unspecified atom stereocenters. The van der Waals surface area contributed by atoms with Crippen LogP contribution < -0.4 is 4.74 Å². The van der Waals surface area contributed by atoms with Crippen molar-refractivity contribution >= 4 is 49.8 Å². The van der Waals surface area contributed by atoms with Gasteiger partial charge in [0.1, 0.15) is 11.2 Å². The van der Waals surface area contributed by atoms with Crippen molar-refractivity contribution in [2.75, 3.05) is 7.11 Å². The van der Waals surface area contributed by atoms with Gasteiger partial charge < -0.3 is 14.3 Å². The smallest absolute Gasteiger partial charge is 0.166 e. The Labute approximate surface area is 152 Å². The van der Waals surface area contributed by atoms with Crippen LogP contribution in [0.2, 0.25) is 0 Å². The molecule has 0 aliphatic carbocycles. The molecular weight excluding hydrogens is 382 g/mol. The van der Waals surface area contributed by atoms with E-state index in [9.17, 15) is 5.11 Å². The maximum atomic E-state index is 10.2. The van der Waals surface area contributed by atoms with E-state index in [2.05, 4.69) is 20.9 Å². The molecular formula is C20H14BrNO3. The highest BCUT2D eigenvalue weighted by Crippen LogP contribution is 2.34. The molecule has 4 aromatic rings. The van der Waals surface area contributed by atoms with Gasteiger partial charge >= 0.3 is 0 Å². The van der Waals surface area contributed by atoms with Crippen LogP contribution in [0.15, 0.2) is 68.5 Å². The molecule has 4 nitrogen and oxygen atoms in total. The van der Waals surface area contributed by atoms with Gasteiger partial charge in [0, 0.05) is 33.1 Å². The maximum absolute atomic E-state index is 10.2. The van der Waals surface area contributed by atoms with E-state index < -0.39 is 0 Å². The van der Waals surface area contributed by atoms with E-state index in [4.69, 9.17) is 9.15 Å². The molecule has 0 aliphatic rings. The zero-order valence-corrected chi connectivity index (χ0v) is 14.9. The Kier molecular flexibility index (Phi) is 3.93. The number of phenolic OH excluding ortho intramolecular Hbond substituents is 1. The van der Waals surface area contributed by atoms with Crippen LogP contribution in [0.25, 0.3) is 21.9 Å². The second-order valence-corrected chi connectivity index (χ2v) is 6.50. The van der Waals surface area contributed by atoms with Crippen molar-refractivity contribution in [1.29, 1.82) is 0 Å². The van der Waals surface area contributed by atoms with Crippen molar-refractivity contribution in [3.05, 3.63) is 64.6 Å². The maximum Gasteiger partial charge on any atom is 0.166 e. The quantitative estimate of drug-likeness (QED) is 0.445. The molecule has 1 heterocycles. The summed E-state index contributed by atoms with van der Waals surface area (Å²) in [5.74, 6) is 0.447. The van der Waals surface area contributed by atoms with Crippen molar-refractivity contribution in [2.45, 2.75) is 0 Å². The van der Waals surface area contributed by atoms with Crippen LogP contribution in [0.1, 0.15) is 5.56 Å². The monoisotopic (exact) mass is 395 g/mol. The second-order valence-electron chi connectivity index (χ2n) is 5.58. The molecule has 0 bridgehead atoms. The Morgan fingerprint density at radius 2 is 1.84 bits per heavy atom. The summed E-state index contributed by atoms with van der Waals surface area (Å²) in [7, 11) is 1.51. The number of hydrogen-bond donors (Lipinski definition) is 1. The van der Waals surface area contributed by atoms with E-state index in [1.807, 2.05) is 42.5 Å². The largest absolute Gasteiger partial charge is 0.504 e.